The molecule has 4 N–H and O–H groups in total. The lowest BCUT2D eigenvalue weighted by atomic mass is 9.94. The molecule has 0 saturated heterocycles. The average Bonchev–Trinajstić information content (AvgIpc) is 3.79. The zero-order valence-corrected chi connectivity index (χ0v) is 23.6. The van der Waals surface area contributed by atoms with Gasteiger partial charge in [-0.2, -0.15) is 4.98 Å². The van der Waals surface area contributed by atoms with Crippen molar-refractivity contribution in [3.63, 3.8) is 0 Å². The number of benzene rings is 3. The molecule has 2 heterocycles. The molecule has 4 bridgehead atoms. The number of carbonyl (C=O) groups excluding carboxylic acids is 1. The van der Waals surface area contributed by atoms with Crippen LogP contribution in [0.15, 0.2) is 83.9 Å². The SMILES string of the molecule is Cc1ccc(C2(C(=O)NCc3ccc(-c4cnc5nc4NCCCNS(=O)(=O)c4cccc(c4)N5)cc3)CC2)cc1. The molecule has 6 rings (SSSR count). The van der Waals surface area contributed by atoms with Crippen molar-refractivity contribution >= 4 is 33.4 Å². The molecule has 3 aromatic carbocycles. The fourth-order valence-electron chi connectivity index (χ4n) is 5.04. The minimum Gasteiger partial charge on any atom is -0.369 e. The molecule has 0 spiro atoms. The molecule has 0 atom stereocenters. The van der Waals surface area contributed by atoms with Gasteiger partial charge in [0.15, 0.2) is 0 Å². The van der Waals surface area contributed by atoms with Crippen LogP contribution in [0, 0.1) is 6.92 Å². The minimum absolute atomic E-state index is 0.0742. The van der Waals surface area contributed by atoms with Gasteiger partial charge >= 0.3 is 0 Å². The number of nitrogens with one attached hydrogen (secondary N) is 4. The third kappa shape index (κ3) is 5.79. The van der Waals surface area contributed by atoms with E-state index >= 15 is 0 Å². The maximum Gasteiger partial charge on any atom is 0.240 e. The van der Waals surface area contributed by atoms with E-state index in [4.69, 9.17) is 4.98 Å². The highest BCUT2D eigenvalue weighted by molar-refractivity contribution is 7.89. The summed E-state index contributed by atoms with van der Waals surface area (Å²) in [5.74, 6) is 1.08. The van der Waals surface area contributed by atoms with Crippen LogP contribution in [0.1, 0.15) is 36.0 Å². The van der Waals surface area contributed by atoms with Crippen LogP contribution in [-0.2, 0) is 26.8 Å². The second-order valence-corrected chi connectivity index (χ2v) is 12.4. The second-order valence-electron chi connectivity index (χ2n) is 10.6. The Labute approximate surface area is 239 Å². The topological polar surface area (TPSA) is 125 Å². The van der Waals surface area contributed by atoms with Crippen LogP contribution in [0.3, 0.4) is 0 Å². The molecule has 210 valence electrons. The van der Waals surface area contributed by atoms with E-state index in [1.165, 1.54) is 5.56 Å². The summed E-state index contributed by atoms with van der Waals surface area (Å²) in [6.45, 7) is 3.32. The van der Waals surface area contributed by atoms with Crippen LogP contribution >= 0.6 is 0 Å². The van der Waals surface area contributed by atoms with Gasteiger partial charge in [0.2, 0.25) is 21.9 Å². The van der Waals surface area contributed by atoms with E-state index in [1.807, 2.05) is 24.3 Å². The number of hydrogen-bond acceptors (Lipinski definition) is 7. The molecule has 4 aromatic rings. The van der Waals surface area contributed by atoms with Crippen molar-refractivity contribution in [2.24, 2.45) is 0 Å². The molecule has 9 nitrogen and oxygen atoms in total. The Kier molecular flexibility index (Phi) is 7.19. The summed E-state index contributed by atoms with van der Waals surface area (Å²) in [5.41, 5.74) is 5.20. The normalized spacial score (nSPS) is 17.0. The largest absolute Gasteiger partial charge is 0.369 e. The van der Waals surface area contributed by atoms with Crippen LogP contribution < -0.4 is 20.7 Å². The molecular formula is C31H32N6O3S. The lowest BCUT2D eigenvalue weighted by Gasteiger charge is -2.16. The van der Waals surface area contributed by atoms with Crippen molar-refractivity contribution in [3.05, 3.63) is 95.7 Å². The molecule has 1 fully saturated rings. The molecule has 41 heavy (non-hydrogen) atoms. The number of carbonyl (C=O) groups is 1. The van der Waals surface area contributed by atoms with E-state index in [0.29, 0.717) is 43.5 Å². The van der Waals surface area contributed by atoms with Crippen LogP contribution in [0.5, 0.6) is 0 Å². The van der Waals surface area contributed by atoms with Crippen molar-refractivity contribution in [3.8, 4) is 11.1 Å². The summed E-state index contributed by atoms with van der Waals surface area (Å²) < 4.78 is 27.9. The average molecular weight is 569 g/mol. The number of fused-ring (bicyclic) bond motifs is 4. The predicted molar refractivity (Wildman–Crippen MR) is 159 cm³/mol. The lowest BCUT2D eigenvalue weighted by Crippen LogP contribution is -2.34. The Morgan fingerprint density at radius 3 is 2.54 bits per heavy atom. The van der Waals surface area contributed by atoms with Crippen molar-refractivity contribution in [1.29, 1.82) is 0 Å². The van der Waals surface area contributed by atoms with Crippen LogP contribution in [-0.4, -0.2) is 37.4 Å². The molecule has 0 radical (unpaired) electrons. The van der Waals surface area contributed by atoms with E-state index in [9.17, 15) is 13.2 Å². The first-order chi connectivity index (χ1) is 19.8. The smallest absolute Gasteiger partial charge is 0.240 e. The summed E-state index contributed by atoms with van der Waals surface area (Å²) in [6, 6.07) is 22.8. The van der Waals surface area contributed by atoms with Crippen molar-refractivity contribution in [2.75, 3.05) is 23.7 Å². The van der Waals surface area contributed by atoms with Crippen molar-refractivity contribution in [1.82, 2.24) is 20.0 Å². The van der Waals surface area contributed by atoms with Crippen molar-refractivity contribution in [2.45, 2.75) is 43.0 Å². The van der Waals surface area contributed by atoms with E-state index < -0.39 is 15.4 Å². The second kappa shape index (κ2) is 10.9. The van der Waals surface area contributed by atoms with Crippen LogP contribution in [0.25, 0.3) is 11.1 Å². The van der Waals surface area contributed by atoms with Gasteiger partial charge in [-0.3, -0.25) is 4.79 Å². The zero-order valence-electron chi connectivity index (χ0n) is 22.8. The number of sulfonamides is 1. The van der Waals surface area contributed by atoms with Crippen LogP contribution in [0.4, 0.5) is 17.5 Å². The molecule has 1 saturated carbocycles. The summed E-state index contributed by atoms with van der Waals surface area (Å²) >= 11 is 0. The van der Waals surface area contributed by atoms with Gasteiger partial charge < -0.3 is 16.0 Å². The predicted octanol–water partition coefficient (Wildman–Crippen LogP) is 4.64. The van der Waals surface area contributed by atoms with Gasteiger partial charge in [0.1, 0.15) is 5.82 Å². The molecule has 1 aliphatic carbocycles. The number of anilines is 3. The maximum absolute atomic E-state index is 13.1. The summed E-state index contributed by atoms with van der Waals surface area (Å²) in [4.78, 5) is 22.5. The van der Waals surface area contributed by atoms with Gasteiger partial charge in [-0.1, -0.05) is 60.2 Å². The number of amides is 1. The van der Waals surface area contributed by atoms with Gasteiger partial charge in [0.05, 0.1) is 10.3 Å². The molecule has 0 unspecified atom stereocenters. The third-order valence-electron chi connectivity index (χ3n) is 7.63. The quantitative estimate of drug-likeness (QED) is 0.277. The Morgan fingerprint density at radius 1 is 1.00 bits per heavy atom. The van der Waals surface area contributed by atoms with Gasteiger partial charge in [0, 0.05) is 37.1 Å². The van der Waals surface area contributed by atoms with Gasteiger partial charge in [0.25, 0.3) is 0 Å². The highest BCUT2D eigenvalue weighted by atomic mass is 32.2. The Bertz CT molecular complexity index is 1680. The number of rotatable bonds is 5. The molecule has 1 aliphatic heterocycles. The Hall–Kier alpha value is -4.28. The standard InChI is InChI=1S/C31H32N6O3S/c1-21-6-12-24(13-7-21)31(14-15-31)29(38)33-19-22-8-10-23(11-9-22)27-20-34-30-36-25-4-2-5-26(18-25)41(39,40)35-17-3-16-32-28(27)37-30/h2,4-13,18,20,35H,3,14-17,19H2,1H3,(H,33,38)(H2,32,34,36,37). The summed E-state index contributed by atoms with van der Waals surface area (Å²) in [7, 11) is -3.61. The van der Waals surface area contributed by atoms with Crippen molar-refractivity contribution < 1.29 is 13.2 Å². The zero-order chi connectivity index (χ0) is 28.5. The number of hydrogen-bond donors (Lipinski definition) is 4. The van der Waals surface area contributed by atoms with E-state index in [1.54, 1.807) is 30.5 Å². The van der Waals surface area contributed by atoms with E-state index in [0.717, 1.165) is 35.1 Å². The minimum atomic E-state index is -3.61. The van der Waals surface area contributed by atoms with E-state index in [2.05, 4.69) is 56.8 Å². The third-order valence-corrected chi connectivity index (χ3v) is 9.09. The maximum atomic E-state index is 13.1. The fourth-order valence-corrected chi connectivity index (χ4v) is 6.16. The molecule has 2 aliphatic rings. The molecule has 1 amide bonds. The first-order valence-corrected chi connectivity index (χ1v) is 15.2. The highest BCUT2D eigenvalue weighted by Crippen LogP contribution is 2.48. The summed E-state index contributed by atoms with van der Waals surface area (Å²) in [6.07, 6.45) is 4.08. The highest BCUT2D eigenvalue weighted by Gasteiger charge is 2.51. The monoisotopic (exact) mass is 568 g/mol. The van der Waals surface area contributed by atoms with Crippen LogP contribution in [0.2, 0.25) is 0 Å². The Balaban J connectivity index is 1.17. The molecule has 1 aromatic heterocycles. The molecular weight excluding hydrogens is 536 g/mol. The number of aromatic nitrogens is 2. The lowest BCUT2D eigenvalue weighted by molar-refractivity contribution is -0.123. The van der Waals surface area contributed by atoms with E-state index in [-0.39, 0.29) is 10.8 Å². The van der Waals surface area contributed by atoms with Gasteiger partial charge in [-0.15, -0.1) is 0 Å². The fraction of sp³-hybridized carbons (Fsp3) is 0.258. The number of aryl methyl sites for hydroxylation is 1. The first kappa shape index (κ1) is 26.9. The van der Waals surface area contributed by atoms with Gasteiger partial charge in [-0.25, -0.2) is 18.1 Å². The molecule has 10 heteroatoms. The van der Waals surface area contributed by atoms with Gasteiger partial charge in [-0.05, 0) is 61.1 Å². The number of nitrogens with zero attached hydrogens (tertiary/aromatic N) is 2. The first-order valence-electron chi connectivity index (χ1n) is 13.7. The Morgan fingerprint density at radius 2 is 1.78 bits per heavy atom. The summed E-state index contributed by atoms with van der Waals surface area (Å²) in [5, 5.41) is 9.58.